The lowest BCUT2D eigenvalue weighted by atomic mass is 10.2. The molecule has 1 amide bonds. The summed E-state index contributed by atoms with van der Waals surface area (Å²) in [6.45, 7) is 4.75. The van der Waals surface area contributed by atoms with Gasteiger partial charge in [0, 0.05) is 12.5 Å². The summed E-state index contributed by atoms with van der Waals surface area (Å²) in [5, 5.41) is 9.52. The molecule has 2 N–H and O–H groups in total. The molecule has 0 saturated heterocycles. The molecule has 1 aromatic rings. The van der Waals surface area contributed by atoms with Crippen LogP contribution < -0.4 is 5.32 Å². The Hall–Kier alpha value is -1.39. The van der Waals surface area contributed by atoms with Crippen molar-refractivity contribution in [2.45, 2.75) is 39.0 Å². The van der Waals surface area contributed by atoms with Crippen molar-refractivity contribution in [2.75, 3.05) is 6.54 Å². The van der Waals surface area contributed by atoms with E-state index in [-0.39, 0.29) is 17.6 Å². The fraction of sp³-hybridized carbons (Fsp3) is 0.727. The molecule has 2 rings (SSSR count). The molecule has 1 aromatic heterocycles. The van der Waals surface area contributed by atoms with Crippen molar-refractivity contribution in [3.8, 4) is 0 Å². The summed E-state index contributed by atoms with van der Waals surface area (Å²) < 4.78 is 0. The second-order valence-electron chi connectivity index (χ2n) is 4.69. The van der Waals surface area contributed by atoms with Gasteiger partial charge in [0.15, 0.2) is 0 Å². The highest BCUT2D eigenvalue weighted by atomic mass is 16.2. The van der Waals surface area contributed by atoms with Gasteiger partial charge in [-0.15, -0.1) is 5.10 Å². The molecule has 5 heteroatoms. The van der Waals surface area contributed by atoms with Gasteiger partial charge >= 0.3 is 0 Å². The molecule has 1 aliphatic rings. The third-order valence-electron chi connectivity index (χ3n) is 2.79. The number of nitrogens with one attached hydrogen (secondary N) is 2. The summed E-state index contributed by atoms with van der Waals surface area (Å²) >= 11 is 0. The lowest BCUT2D eigenvalue weighted by Gasteiger charge is -2.00. The molecule has 0 aliphatic heterocycles. The smallest absolute Gasteiger partial charge is 0.290 e. The molecule has 0 bridgehead atoms. The van der Waals surface area contributed by atoms with E-state index in [1.165, 1.54) is 12.8 Å². The fourth-order valence-electron chi connectivity index (χ4n) is 1.51. The van der Waals surface area contributed by atoms with Gasteiger partial charge in [-0.1, -0.05) is 26.7 Å². The van der Waals surface area contributed by atoms with E-state index in [1.54, 1.807) is 0 Å². The molecular weight excluding hydrogens is 204 g/mol. The Morgan fingerprint density at radius 1 is 1.56 bits per heavy atom. The van der Waals surface area contributed by atoms with Crippen molar-refractivity contribution >= 4 is 5.91 Å². The van der Waals surface area contributed by atoms with Crippen LogP contribution in [0.4, 0.5) is 0 Å². The molecule has 0 unspecified atom stereocenters. The predicted molar refractivity (Wildman–Crippen MR) is 60.1 cm³/mol. The number of carbonyl (C=O) groups is 1. The van der Waals surface area contributed by atoms with E-state index in [0.29, 0.717) is 0 Å². The molecule has 0 atom stereocenters. The third-order valence-corrected chi connectivity index (χ3v) is 2.79. The van der Waals surface area contributed by atoms with Gasteiger partial charge in [0.2, 0.25) is 5.82 Å². The average Bonchev–Trinajstić information content (AvgIpc) is 2.93. The van der Waals surface area contributed by atoms with Gasteiger partial charge in [-0.2, -0.15) is 0 Å². The van der Waals surface area contributed by atoms with Crippen molar-refractivity contribution in [3.05, 3.63) is 11.6 Å². The van der Waals surface area contributed by atoms with E-state index in [0.717, 1.165) is 24.7 Å². The monoisotopic (exact) mass is 222 g/mol. The standard InChI is InChI=1S/C11H18N4O/c1-7(2)9-13-10(15-14-9)11(16)12-6-5-8-3-4-8/h7-8H,3-6H2,1-2H3,(H,12,16)(H,13,14,15). The number of hydrogen-bond donors (Lipinski definition) is 2. The Morgan fingerprint density at radius 2 is 2.31 bits per heavy atom. The molecule has 0 aromatic carbocycles. The van der Waals surface area contributed by atoms with E-state index in [1.807, 2.05) is 13.8 Å². The quantitative estimate of drug-likeness (QED) is 0.792. The van der Waals surface area contributed by atoms with Crippen LogP contribution in [-0.4, -0.2) is 27.6 Å². The molecule has 16 heavy (non-hydrogen) atoms. The molecule has 1 heterocycles. The first-order valence-corrected chi connectivity index (χ1v) is 5.87. The molecule has 1 aliphatic carbocycles. The lowest BCUT2D eigenvalue weighted by molar-refractivity contribution is 0.0942. The van der Waals surface area contributed by atoms with Gasteiger partial charge in [0.05, 0.1) is 0 Å². The van der Waals surface area contributed by atoms with Crippen LogP contribution in [0.1, 0.15) is 55.5 Å². The van der Waals surface area contributed by atoms with Crippen molar-refractivity contribution in [1.29, 1.82) is 0 Å². The van der Waals surface area contributed by atoms with Gasteiger partial charge in [0.25, 0.3) is 5.91 Å². The Labute approximate surface area is 95.0 Å². The van der Waals surface area contributed by atoms with Crippen LogP contribution in [0.3, 0.4) is 0 Å². The summed E-state index contributed by atoms with van der Waals surface area (Å²) in [5.74, 6) is 1.93. The van der Waals surface area contributed by atoms with Crippen LogP contribution in [-0.2, 0) is 0 Å². The van der Waals surface area contributed by atoms with E-state index in [4.69, 9.17) is 0 Å². The van der Waals surface area contributed by atoms with Crippen molar-refractivity contribution in [1.82, 2.24) is 20.5 Å². The molecule has 1 fully saturated rings. The maximum atomic E-state index is 11.6. The predicted octanol–water partition coefficient (Wildman–Crippen LogP) is 1.46. The first-order chi connectivity index (χ1) is 7.66. The van der Waals surface area contributed by atoms with Crippen LogP contribution in [0.15, 0.2) is 0 Å². The van der Waals surface area contributed by atoms with Crippen LogP contribution >= 0.6 is 0 Å². The zero-order valence-electron chi connectivity index (χ0n) is 9.79. The highest BCUT2D eigenvalue weighted by Crippen LogP contribution is 2.31. The number of H-pyrrole nitrogens is 1. The normalized spacial score (nSPS) is 15.4. The van der Waals surface area contributed by atoms with Crippen molar-refractivity contribution in [3.63, 3.8) is 0 Å². The number of aromatic amines is 1. The summed E-state index contributed by atoms with van der Waals surface area (Å²) in [4.78, 5) is 15.8. The summed E-state index contributed by atoms with van der Waals surface area (Å²) in [7, 11) is 0. The minimum atomic E-state index is -0.177. The number of amides is 1. The highest BCUT2D eigenvalue weighted by Gasteiger charge is 2.21. The summed E-state index contributed by atoms with van der Waals surface area (Å²) in [6, 6.07) is 0. The van der Waals surface area contributed by atoms with Crippen LogP contribution in [0, 0.1) is 5.92 Å². The minimum Gasteiger partial charge on any atom is -0.349 e. The lowest BCUT2D eigenvalue weighted by Crippen LogP contribution is -2.25. The fourth-order valence-corrected chi connectivity index (χ4v) is 1.51. The molecule has 1 saturated carbocycles. The Bertz CT molecular complexity index is 368. The number of nitrogens with zero attached hydrogens (tertiary/aromatic N) is 2. The topological polar surface area (TPSA) is 70.7 Å². The first-order valence-electron chi connectivity index (χ1n) is 5.87. The van der Waals surface area contributed by atoms with E-state index in [9.17, 15) is 4.79 Å². The molecular formula is C11H18N4O. The van der Waals surface area contributed by atoms with Crippen LogP contribution in [0.2, 0.25) is 0 Å². The Morgan fingerprint density at radius 3 is 2.88 bits per heavy atom. The van der Waals surface area contributed by atoms with Gasteiger partial charge < -0.3 is 5.32 Å². The third kappa shape index (κ3) is 2.81. The maximum absolute atomic E-state index is 11.6. The number of rotatable bonds is 5. The minimum absolute atomic E-state index is 0.177. The SMILES string of the molecule is CC(C)c1nc(C(=O)NCCC2CC2)n[nH]1. The second-order valence-corrected chi connectivity index (χ2v) is 4.69. The zero-order chi connectivity index (χ0) is 11.5. The van der Waals surface area contributed by atoms with Crippen molar-refractivity contribution < 1.29 is 4.79 Å². The summed E-state index contributed by atoms with van der Waals surface area (Å²) in [5.41, 5.74) is 0. The zero-order valence-corrected chi connectivity index (χ0v) is 9.79. The van der Waals surface area contributed by atoms with E-state index < -0.39 is 0 Å². The molecule has 0 radical (unpaired) electrons. The maximum Gasteiger partial charge on any atom is 0.290 e. The first kappa shape index (κ1) is 11.1. The Kier molecular flexibility index (Phi) is 3.22. The number of aromatic nitrogens is 3. The Balaban J connectivity index is 1.82. The van der Waals surface area contributed by atoms with Crippen LogP contribution in [0.25, 0.3) is 0 Å². The van der Waals surface area contributed by atoms with Gasteiger partial charge in [-0.05, 0) is 12.3 Å². The molecule has 88 valence electrons. The number of carbonyl (C=O) groups excluding carboxylic acids is 1. The molecule has 5 nitrogen and oxygen atoms in total. The summed E-state index contributed by atoms with van der Waals surface area (Å²) in [6.07, 6.45) is 3.70. The highest BCUT2D eigenvalue weighted by molar-refractivity contribution is 5.90. The van der Waals surface area contributed by atoms with Crippen LogP contribution in [0.5, 0.6) is 0 Å². The van der Waals surface area contributed by atoms with Crippen molar-refractivity contribution in [2.24, 2.45) is 5.92 Å². The second kappa shape index (κ2) is 4.63. The number of hydrogen-bond acceptors (Lipinski definition) is 3. The average molecular weight is 222 g/mol. The van der Waals surface area contributed by atoms with E-state index in [2.05, 4.69) is 20.5 Å². The van der Waals surface area contributed by atoms with Gasteiger partial charge in [-0.25, -0.2) is 4.98 Å². The van der Waals surface area contributed by atoms with Gasteiger partial charge in [0.1, 0.15) is 5.82 Å². The molecule has 0 spiro atoms. The van der Waals surface area contributed by atoms with E-state index >= 15 is 0 Å². The van der Waals surface area contributed by atoms with Gasteiger partial charge in [-0.3, -0.25) is 9.89 Å². The largest absolute Gasteiger partial charge is 0.349 e.